The number of hydrogen-bond donors (Lipinski definition) is 0. The number of hydrogen-bond acceptors (Lipinski definition) is 1. The minimum atomic E-state index is 1.26. The van der Waals surface area contributed by atoms with Gasteiger partial charge in [0.1, 0.15) is 0 Å². The second-order valence-corrected chi connectivity index (χ2v) is 4.49. The maximum absolute atomic E-state index is 3.17. The Labute approximate surface area is 101 Å². The van der Waals surface area contributed by atoms with Crippen molar-refractivity contribution >= 4 is 27.2 Å². The topological polar surface area (TPSA) is 3.24 Å². The highest BCUT2D eigenvalue weighted by molar-refractivity contribution is 6.11. The van der Waals surface area contributed by atoms with Crippen LogP contribution in [0, 0.1) is 6.07 Å². The molecule has 0 aliphatic heterocycles. The van der Waals surface area contributed by atoms with Crippen molar-refractivity contribution in [3.8, 4) is 0 Å². The van der Waals surface area contributed by atoms with Crippen LogP contribution in [0.3, 0.4) is 0 Å². The molecule has 0 atom stereocenters. The summed E-state index contributed by atoms with van der Waals surface area (Å²) in [5.74, 6) is 0. The molecule has 17 heavy (non-hydrogen) atoms. The Balaban J connectivity index is 2.56. The lowest BCUT2D eigenvalue weighted by Gasteiger charge is -2.18. The first-order valence-electron chi connectivity index (χ1n) is 5.76. The largest absolute Gasteiger partial charge is 0.377 e. The average molecular weight is 220 g/mol. The molecule has 0 aliphatic rings. The lowest BCUT2D eigenvalue weighted by Crippen LogP contribution is -2.09. The summed E-state index contributed by atoms with van der Waals surface area (Å²) in [6.45, 7) is 0. The zero-order valence-corrected chi connectivity index (χ0v) is 10.1. The molecule has 0 bridgehead atoms. The molecule has 0 saturated heterocycles. The molecule has 83 valence electrons. The zero-order valence-electron chi connectivity index (χ0n) is 10.1. The molecular weight excluding hydrogens is 206 g/mol. The SMILES string of the molecule is CN(C)c1c2c[c]ccc2cc2ccccc12. The molecule has 0 fully saturated rings. The molecule has 1 nitrogen and oxygen atoms in total. The van der Waals surface area contributed by atoms with Crippen LogP contribution < -0.4 is 4.90 Å². The molecule has 1 heteroatoms. The van der Waals surface area contributed by atoms with Crippen molar-refractivity contribution < 1.29 is 0 Å². The van der Waals surface area contributed by atoms with Gasteiger partial charge < -0.3 is 4.90 Å². The first-order chi connectivity index (χ1) is 8.27. The second kappa shape index (κ2) is 3.77. The van der Waals surface area contributed by atoms with Gasteiger partial charge in [0.2, 0.25) is 0 Å². The summed E-state index contributed by atoms with van der Waals surface area (Å²) in [7, 11) is 4.18. The number of anilines is 1. The molecular formula is C16H14N. The van der Waals surface area contributed by atoms with Crippen molar-refractivity contribution in [3.05, 3.63) is 54.6 Å². The van der Waals surface area contributed by atoms with Gasteiger partial charge >= 0.3 is 0 Å². The fourth-order valence-electron chi connectivity index (χ4n) is 2.41. The predicted octanol–water partition coefficient (Wildman–Crippen LogP) is 3.86. The summed E-state index contributed by atoms with van der Waals surface area (Å²) in [6, 6.07) is 20.1. The summed E-state index contributed by atoms with van der Waals surface area (Å²) in [6.07, 6.45) is 0. The lowest BCUT2D eigenvalue weighted by molar-refractivity contribution is 1.15. The maximum atomic E-state index is 3.17. The Kier molecular flexibility index (Phi) is 2.25. The molecule has 1 radical (unpaired) electrons. The van der Waals surface area contributed by atoms with Crippen LogP contribution in [0.25, 0.3) is 21.5 Å². The van der Waals surface area contributed by atoms with Crippen LogP contribution in [0.15, 0.2) is 48.5 Å². The summed E-state index contributed by atoms with van der Waals surface area (Å²) >= 11 is 0. The minimum absolute atomic E-state index is 1.26. The van der Waals surface area contributed by atoms with Crippen molar-refractivity contribution in [2.75, 3.05) is 19.0 Å². The van der Waals surface area contributed by atoms with E-state index in [2.05, 4.69) is 67.5 Å². The molecule has 3 rings (SSSR count). The van der Waals surface area contributed by atoms with Gasteiger partial charge in [-0.25, -0.2) is 0 Å². The second-order valence-electron chi connectivity index (χ2n) is 4.49. The monoisotopic (exact) mass is 220 g/mol. The smallest absolute Gasteiger partial charge is 0.0520 e. The van der Waals surface area contributed by atoms with Crippen LogP contribution >= 0.6 is 0 Å². The Morgan fingerprint density at radius 1 is 0.941 bits per heavy atom. The molecule has 0 heterocycles. The van der Waals surface area contributed by atoms with Gasteiger partial charge in [-0.05, 0) is 29.0 Å². The van der Waals surface area contributed by atoms with Crippen molar-refractivity contribution in [1.82, 2.24) is 0 Å². The van der Waals surface area contributed by atoms with Crippen molar-refractivity contribution in [2.45, 2.75) is 0 Å². The normalized spacial score (nSPS) is 10.9. The van der Waals surface area contributed by atoms with Gasteiger partial charge in [-0.2, -0.15) is 0 Å². The van der Waals surface area contributed by atoms with E-state index in [9.17, 15) is 0 Å². The number of benzene rings is 3. The molecule has 0 amide bonds. The molecule has 0 aliphatic carbocycles. The molecule has 0 N–H and O–H groups in total. The minimum Gasteiger partial charge on any atom is -0.377 e. The third kappa shape index (κ3) is 1.55. The van der Waals surface area contributed by atoms with E-state index >= 15 is 0 Å². The standard InChI is InChI=1S/C16H14N/c1-17(2)16-14-9-5-3-7-12(14)11-13-8-4-6-10-15(13)16/h3-5,7-11H,1-2H3. The van der Waals surface area contributed by atoms with Gasteiger partial charge in [0.15, 0.2) is 0 Å². The van der Waals surface area contributed by atoms with Crippen molar-refractivity contribution in [3.63, 3.8) is 0 Å². The zero-order chi connectivity index (χ0) is 11.8. The van der Waals surface area contributed by atoms with Crippen molar-refractivity contribution in [1.29, 1.82) is 0 Å². The molecule has 0 unspecified atom stereocenters. The fraction of sp³-hybridized carbons (Fsp3) is 0.125. The summed E-state index contributed by atoms with van der Waals surface area (Å²) in [4.78, 5) is 2.18. The van der Waals surface area contributed by atoms with E-state index in [4.69, 9.17) is 0 Å². The molecule has 0 saturated carbocycles. The van der Waals surface area contributed by atoms with Crippen LogP contribution in [0.1, 0.15) is 0 Å². The Morgan fingerprint density at radius 3 is 2.53 bits per heavy atom. The summed E-state index contributed by atoms with van der Waals surface area (Å²) in [5.41, 5.74) is 1.27. The third-order valence-electron chi connectivity index (χ3n) is 3.13. The van der Waals surface area contributed by atoms with Crippen LogP contribution in [-0.4, -0.2) is 14.1 Å². The highest BCUT2D eigenvalue weighted by Crippen LogP contribution is 2.34. The van der Waals surface area contributed by atoms with Gasteiger partial charge in [-0.3, -0.25) is 0 Å². The van der Waals surface area contributed by atoms with Gasteiger partial charge in [0.25, 0.3) is 0 Å². The molecule has 0 aromatic heterocycles. The third-order valence-corrected chi connectivity index (χ3v) is 3.13. The van der Waals surface area contributed by atoms with E-state index in [1.54, 1.807) is 0 Å². The number of fused-ring (bicyclic) bond motifs is 2. The van der Waals surface area contributed by atoms with E-state index in [-0.39, 0.29) is 0 Å². The maximum Gasteiger partial charge on any atom is 0.0520 e. The Morgan fingerprint density at radius 2 is 1.71 bits per heavy atom. The van der Waals surface area contributed by atoms with E-state index in [0.717, 1.165) is 0 Å². The van der Waals surface area contributed by atoms with Crippen LogP contribution in [-0.2, 0) is 0 Å². The number of rotatable bonds is 1. The van der Waals surface area contributed by atoms with Gasteiger partial charge in [-0.1, -0.05) is 36.4 Å². The molecule has 3 aromatic rings. The first kappa shape index (κ1) is 10.2. The van der Waals surface area contributed by atoms with E-state index in [1.807, 2.05) is 6.07 Å². The van der Waals surface area contributed by atoms with Gasteiger partial charge in [-0.15, -0.1) is 0 Å². The van der Waals surface area contributed by atoms with Gasteiger partial charge in [0, 0.05) is 24.9 Å². The predicted molar refractivity (Wildman–Crippen MR) is 74.6 cm³/mol. The fourth-order valence-corrected chi connectivity index (χ4v) is 2.41. The quantitative estimate of drug-likeness (QED) is 0.563. The first-order valence-corrected chi connectivity index (χ1v) is 5.76. The Hall–Kier alpha value is -2.02. The van der Waals surface area contributed by atoms with Crippen molar-refractivity contribution in [2.24, 2.45) is 0 Å². The van der Waals surface area contributed by atoms with E-state index in [0.29, 0.717) is 0 Å². The van der Waals surface area contributed by atoms with Crippen LogP contribution in [0.2, 0.25) is 0 Å². The summed E-state index contributed by atoms with van der Waals surface area (Å²) < 4.78 is 0. The van der Waals surface area contributed by atoms with E-state index < -0.39 is 0 Å². The van der Waals surface area contributed by atoms with Gasteiger partial charge in [0.05, 0.1) is 5.69 Å². The molecule has 3 aromatic carbocycles. The average Bonchev–Trinajstić information content (AvgIpc) is 2.35. The highest BCUT2D eigenvalue weighted by Gasteiger charge is 2.08. The highest BCUT2D eigenvalue weighted by atomic mass is 15.1. The molecule has 0 spiro atoms. The van der Waals surface area contributed by atoms with E-state index in [1.165, 1.54) is 27.2 Å². The van der Waals surface area contributed by atoms with Crippen LogP contribution in [0.5, 0.6) is 0 Å². The summed E-state index contributed by atoms with van der Waals surface area (Å²) in [5, 5.41) is 5.11. The Bertz CT molecular complexity index is 629. The number of nitrogens with zero attached hydrogens (tertiary/aromatic N) is 1. The lowest BCUT2D eigenvalue weighted by atomic mass is 10.0. The van der Waals surface area contributed by atoms with Crippen LogP contribution in [0.4, 0.5) is 5.69 Å².